The van der Waals surface area contributed by atoms with Crippen LogP contribution in [0.2, 0.25) is 0 Å². The standard InChI is InChI=1S/C10H13F5N2/c1-3-17-8-6(7(16)10(13,14)15)4-5(2)9(8,11)12/h5H,3-4,16H2,1-2H3/b7-6-,17-8?/t5-/m1/s1. The van der Waals surface area contributed by atoms with E-state index in [0.29, 0.717) is 0 Å². The first-order chi connectivity index (χ1) is 7.62. The zero-order valence-corrected chi connectivity index (χ0v) is 9.41. The van der Waals surface area contributed by atoms with Gasteiger partial charge in [-0.25, -0.2) is 0 Å². The lowest BCUT2D eigenvalue weighted by Crippen LogP contribution is -2.31. The summed E-state index contributed by atoms with van der Waals surface area (Å²) in [7, 11) is 0. The molecule has 0 aromatic rings. The van der Waals surface area contributed by atoms with E-state index >= 15 is 0 Å². The molecule has 1 rings (SSSR count). The van der Waals surface area contributed by atoms with Gasteiger partial charge < -0.3 is 5.73 Å². The Morgan fingerprint density at radius 3 is 2.41 bits per heavy atom. The van der Waals surface area contributed by atoms with Crippen molar-refractivity contribution in [3.8, 4) is 0 Å². The Labute approximate surface area is 95.4 Å². The molecule has 0 spiro atoms. The van der Waals surface area contributed by atoms with Gasteiger partial charge >= 0.3 is 6.18 Å². The lowest BCUT2D eigenvalue weighted by molar-refractivity contribution is -0.0932. The van der Waals surface area contributed by atoms with Crippen molar-refractivity contribution in [1.29, 1.82) is 0 Å². The molecule has 0 unspecified atom stereocenters. The van der Waals surface area contributed by atoms with Crippen LogP contribution in [-0.4, -0.2) is 24.4 Å². The zero-order chi connectivity index (χ0) is 13.4. The lowest BCUT2D eigenvalue weighted by Gasteiger charge is -2.15. The molecule has 1 aliphatic carbocycles. The van der Waals surface area contributed by atoms with Crippen LogP contribution >= 0.6 is 0 Å². The molecule has 0 aromatic carbocycles. The van der Waals surface area contributed by atoms with Gasteiger partial charge in [0.05, 0.1) is 0 Å². The third-order valence-electron chi connectivity index (χ3n) is 2.68. The van der Waals surface area contributed by atoms with E-state index in [-0.39, 0.29) is 6.54 Å². The van der Waals surface area contributed by atoms with Crippen LogP contribution in [0.3, 0.4) is 0 Å². The molecule has 0 saturated heterocycles. The molecule has 2 nitrogen and oxygen atoms in total. The SMILES string of the molecule is CCN=C1/C(=C(\N)C(F)(F)F)C[C@@H](C)C1(F)F. The molecule has 0 bridgehead atoms. The van der Waals surface area contributed by atoms with E-state index in [2.05, 4.69) is 4.99 Å². The van der Waals surface area contributed by atoms with E-state index in [4.69, 9.17) is 5.73 Å². The molecule has 7 heteroatoms. The fraction of sp³-hybridized carbons (Fsp3) is 0.700. The number of nitrogens with two attached hydrogens (primary N) is 1. The molecular formula is C10H13F5N2. The van der Waals surface area contributed by atoms with Crippen molar-refractivity contribution in [2.24, 2.45) is 16.6 Å². The molecular weight excluding hydrogens is 243 g/mol. The largest absolute Gasteiger partial charge is 0.431 e. The number of alkyl halides is 5. The summed E-state index contributed by atoms with van der Waals surface area (Å²) in [6.07, 6.45) is -5.21. The molecule has 0 heterocycles. The van der Waals surface area contributed by atoms with Crippen LogP contribution in [0.15, 0.2) is 16.3 Å². The first kappa shape index (κ1) is 13.9. The summed E-state index contributed by atoms with van der Waals surface area (Å²) < 4.78 is 64.4. The molecule has 0 radical (unpaired) electrons. The quantitative estimate of drug-likeness (QED) is 0.720. The second kappa shape index (κ2) is 4.27. The van der Waals surface area contributed by atoms with Crippen molar-refractivity contribution >= 4 is 5.71 Å². The van der Waals surface area contributed by atoms with Gasteiger partial charge in [0.15, 0.2) is 0 Å². The van der Waals surface area contributed by atoms with Gasteiger partial charge in [0.2, 0.25) is 0 Å². The summed E-state index contributed by atoms with van der Waals surface area (Å²) in [5.74, 6) is -4.56. The number of allylic oxidation sites excluding steroid dienone is 2. The highest BCUT2D eigenvalue weighted by molar-refractivity contribution is 6.08. The monoisotopic (exact) mass is 256 g/mol. The molecule has 2 N–H and O–H groups in total. The Hall–Kier alpha value is -1.14. The summed E-state index contributed by atoms with van der Waals surface area (Å²) in [4.78, 5) is 3.47. The maximum Gasteiger partial charge on any atom is 0.431 e. The minimum absolute atomic E-state index is 0.00766. The van der Waals surface area contributed by atoms with Crippen LogP contribution in [0.5, 0.6) is 0 Å². The Kier molecular flexibility index (Phi) is 3.50. The van der Waals surface area contributed by atoms with Crippen molar-refractivity contribution in [3.63, 3.8) is 0 Å². The predicted octanol–water partition coefficient (Wildman–Crippen LogP) is 2.90. The predicted molar refractivity (Wildman–Crippen MR) is 54.0 cm³/mol. The van der Waals surface area contributed by atoms with Crippen LogP contribution in [0.4, 0.5) is 22.0 Å². The molecule has 1 aliphatic rings. The topological polar surface area (TPSA) is 38.4 Å². The average Bonchev–Trinajstić information content (AvgIpc) is 2.39. The Morgan fingerprint density at radius 2 is 2.00 bits per heavy atom. The van der Waals surface area contributed by atoms with E-state index in [1.54, 1.807) is 0 Å². The molecule has 98 valence electrons. The third-order valence-corrected chi connectivity index (χ3v) is 2.68. The van der Waals surface area contributed by atoms with Crippen LogP contribution in [0.1, 0.15) is 20.3 Å². The van der Waals surface area contributed by atoms with Gasteiger partial charge in [0.25, 0.3) is 5.92 Å². The molecule has 0 aliphatic heterocycles. The van der Waals surface area contributed by atoms with Crippen molar-refractivity contribution in [1.82, 2.24) is 0 Å². The van der Waals surface area contributed by atoms with Gasteiger partial charge in [-0.05, 0) is 13.3 Å². The van der Waals surface area contributed by atoms with Gasteiger partial charge in [0, 0.05) is 18.0 Å². The number of nitrogens with zero attached hydrogens (tertiary/aromatic N) is 1. The van der Waals surface area contributed by atoms with Crippen molar-refractivity contribution in [3.05, 3.63) is 11.3 Å². The average molecular weight is 256 g/mol. The Morgan fingerprint density at radius 1 is 1.47 bits per heavy atom. The van der Waals surface area contributed by atoms with E-state index in [1.165, 1.54) is 13.8 Å². The van der Waals surface area contributed by atoms with Crippen LogP contribution < -0.4 is 5.73 Å². The smallest absolute Gasteiger partial charge is 0.394 e. The summed E-state index contributed by atoms with van der Waals surface area (Å²) in [6.45, 7) is 2.65. The van der Waals surface area contributed by atoms with Gasteiger partial charge in [0.1, 0.15) is 11.4 Å². The summed E-state index contributed by atoms with van der Waals surface area (Å²) in [5.41, 5.74) is 2.05. The molecule has 17 heavy (non-hydrogen) atoms. The maximum absolute atomic E-state index is 13.6. The zero-order valence-electron chi connectivity index (χ0n) is 9.41. The minimum atomic E-state index is -4.80. The highest BCUT2D eigenvalue weighted by Crippen LogP contribution is 2.43. The Bertz CT molecular complexity index is 367. The number of halogens is 5. The van der Waals surface area contributed by atoms with Crippen molar-refractivity contribution in [2.75, 3.05) is 6.54 Å². The van der Waals surface area contributed by atoms with E-state index in [1.807, 2.05) is 0 Å². The van der Waals surface area contributed by atoms with E-state index in [9.17, 15) is 22.0 Å². The number of hydrogen-bond donors (Lipinski definition) is 1. The number of rotatable bonds is 1. The highest BCUT2D eigenvalue weighted by atomic mass is 19.4. The fourth-order valence-corrected chi connectivity index (χ4v) is 1.73. The number of aliphatic imine (C=N–C) groups is 1. The second-order valence-electron chi connectivity index (χ2n) is 3.94. The first-order valence-corrected chi connectivity index (χ1v) is 5.11. The third kappa shape index (κ3) is 2.42. The molecule has 0 amide bonds. The van der Waals surface area contributed by atoms with Crippen LogP contribution in [0.25, 0.3) is 0 Å². The first-order valence-electron chi connectivity index (χ1n) is 5.11. The van der Waals surface area contributed by atoms with Gasteiger partial charge in [-0.2, -0.15) is 22.0 Å². The highest BCUT2D eigenvalue weighted by Gasteiger charge is 2.52. The molecule has 1 fully saturated rings. The normalized spacial score (nSPS) is 29.8. The summed E-state index contributed by atoms with van der Waals surface area (Å²) >= 11 is 0. The van der Waals surface area contributed by atoms with E-state index < -0.39 is 41.4 Å². The van der Waals surface area contributed by atoms with Crippen molar-refractivity contribution < 1.29 is 22.0 Å². The maximum atomic E-state index is 13.6. The molecule has 1 saturated carbocycles. The summed E-state index contributed by atoms with van der Waals surface area (Å²) in [6, 6.07) is 0. The van der Waals surface area contributed by atoms with Crippen LogP contribution in [0, 0.1) is 5.92 Å². The molecule has 1 atom stereocenters. The Balaban J connectivity index is 3.33. The minimum Gasteiger partial charge on any atom is -0.394 e. The van der Waals surface area contributed by atoms with Crippen LogP contribution in [-0.2, 0) is 0 Å². The van der Waals surface area contributed by atoms with Gasteiger partial charge in [-0.3, -0.25) is 4.99 Å². The van der Waals surface area contributed by atoms with Crippen molar-refractivity contribution in [2.45, 2.75) is 32.4 Å². The lowest BCUT2D eigenvalue weighted by atomic mass is 10.1. The van der Waals surface area contributed by atoms with Gasteiger partial charge in [-0.15, -0.1) is 0 Å². The molecule has 0 aromatic heterocycles. The fourth-order valence-electron chi connectivity index (χ4n) is 1.73. The van der Waals surface area contributed by atoms with Gasteiger partial charge in [-0.1, -0.05) is 6.92 Å². The number of hydrogen-bond acceptors (Lipinski definition) is 2. The second-order valence-corrected chi connectivity index (χ2v) is 3.94. The van der Waals surface area contributed by atoms with E-state index in [0.717, 1.165) is 0 Å². The summed E-state index contributed by atoms with van der Waals surface area (Å²) in [5, 5.41) is 0.